The van der Waals surface area contributed by atoms with Crippen molar-refractivity contribution in [3.05, 3.63) is 152 Å². The topological polar surface area (TPSA) is 47.5 Å². The smallest absolute Gasteiger partial charge is 0.466 e. The number of pyridine rings is 2. The SMILES string of the molecule is [Pt+2].[c-]1c(Oc2ccccn2)cc2c(sc3ccccc32)c1N(c1ccccc1)c1[c-]c(Oc2ccccn2)cc2c1sc1ccccc12. The number of rotatable bonds is 7. The van der Waals surface area contributed by atoms with E-state index in [0.717, 1.165) is 48.0 Å². The van der Waals surface area contributed by atoms with Gasteiger partial charge in [-0.15, -0.1) is 35.0 Å². The first kappa shape index (κ1) is 30.3. The van der Waals surface area contributed by atoms with Gasteiger partial charge in [0.1, 0.15) is 0 Å². The number of para-hydroxylation sites is 1. The van der Waals surface area contributed by atoms with Crippen molar-refractivity contribution >= 4 is 80.1 Å². The van der Waals surface area contributed by atoms with Crippen molar-refractivity contribution in [2.24, 2.45) is 0 Å². The number of benzene rings is 5. The summed E-state index contributed by atoms with van der Waals surface area (Å²) >= 11 is 3.48. The van der Waals surface area contributed by atoms with E-state index in [-0.39, 0.29) is 21.1 Å². The molecular weight excluding hydrogens is 814 g/mol. The van der Waals surface area contributed by atoms with Gasteiger partial charge in [-0.05, 0) is 58.5 Å². The Kier molecular flexibility index (Phi) is 8.11. The van der Waals surface area contributed by atoms with Gasteiger partial charge in [0.2, 0.25) is 11.8 Å². The van der Waals surface area contributed by atoms with E-state index in [9.17, 15) is 0 Å². The Bertz CT molecular complexity index is 2380. The number of anilines is 3. The van der Waals surface area contributed by atoms with Crippen LogP contribution in [0.4, 0.5) is 17.1 Å². The van der Waals surface area contributed by atoms with Gasteiger partial charge >= 0.3 is 21.1 Å². The van der Waals surface area contributed by atoms with Crippen LogP contribution in [0.25, 0.3) is 40.3 Å². The van der Waals surface area contributed by atoms with Crippen LogP contribution in [0.2, 0.25) is 0 Å². The van der Waals surface area contributed by atoms with E-state index < -0.39 is 0 Å². The van der Waals surface area contributed by atoms with E-state index in [4.69, 9.17) is 9.47 Å². The molecule has 5 nitrogen and oxygen atoms in total. The van der Waals surface area contributed by atoms with Crippen LogP contribution < -0.4 is 14.4 Å². The zero-order valence-corrected chi connectivity index (χ0v) is 29.0. The minimum atomic E-state index is 0. The van der Waals surface area contributed by atoms with E-state index in [2.05, 4.69) is 112 Å². The van der Waals surface area contributed by atoms with Gasteiger partial charge in [0.25, 0.3) is 0 Å². The maximum atomic E-state index is 6.38. The van der Waals surface area contributed by atoms with Crippen LogP contribution in [0.1, 0.15) is 0 Å². The second kappa shape index (κ2) is 12.9. The molecule has 0 unspecified atom stereocenters. The Hall–Kier alpha value is -5.07. The average molecular weight is 837 g/mol. The van der Waals surface area contributed by atoms with Crippen molar-refractivity contribution in [2.45, 2.75) is 0 Å². The molecule has 232 valence electrons. The molecule has 0 fully saturated rings. The molecule has 0 amide bonds. The molecule has 0 spiro atoms. The molecule has 0 radical (unpaired) electrons. The molecule has 0 bridgehead atoms. The zero-order chi connectivity index (χ0) is 31.2. The van der Waals surface area contributed by atoms with Gasteiger partial charge in [-0.1, -0.05) is 76.1 Å². The van der Waals surface area contributed by atoms with Crippen LogP contribution >= 0.6 is 22.7 Å². The number of fused-ring (bicyclic) bond motifs is 6. The van der Waals surface area contributed by atoms with E-state index in [0.29, 0.717) is 23.3 Å². The Morgan fingerprint density at radius 2 is 0.958 bits per heavy atom. The normalized spacial score (nSPS) is 11.2. The number of ether oxygens (including phenoxy) is 2. The minimum absolute atomic E-state index is 0. The Morgan fingerprint density at radius 1 is 0.500 bits per heavy atom. The molecule has 4 heterocycles. The van der Waals surface area contributed by atoms with Crippen molar-refractivity contribution in [1.82, 2.24) is 9.97 Å². The zero-order valence-electron chi connectivity index (χ0n) is 25.1. The van der Waals surface area contributed by atoms with Crippen molar-refractivity contribution in [3.8, 4) is 23.3 Å². The van der Waals surface area contributed by atoms with E-state index in [1.54, 1.807) is 35.1 Å². The number of hydrogen-bond acceptors (Lipinski definition) is 7. The van der Waals surface area contributed by atoms with Crippen LogP contribution in [0, 0.1) is 12.1 Å². The maximum absolute atomic E-state index is 6.38. The van der Waals surface area contributed by atoms with Crippen molar-refractivity contribution in [2.75, 3.05) is 4.90 Å². The fourth-order valence-corrected chi connectivity index (χ4v) is 8.21. The molecule has 0 aliphatic rings. The molecule has 8 heteroatoms. The maximum Gasteiger partial charge on any atom is 2.00 e. The molecular formula is C40H23N3O2PtS2. The Morgan fingerprint density at radius 3 is 1.44 bits per heavy atom. The van der Waals surface area contributed by atoms with E-state index in [1.807, 2.05) is 42.5 Å². The summed E-state index contributed by atoms with van der Waals surface area (Å²) < 4.78 is 17.3. The van der Waals surface area contributed by atoms with E-state index in [1.165, 1.54) is 9.40 Å². The molecule has 0 saturated heterocycles. The number of aromatic nitrogens is 2. The van der Waals surface area contributed by atoms with Crippen molar-refractivity contribution in [1.29, 1.82) is 0 Å². The first-order valence-electron chi connectivity index (χ1n) is 15.1. The number of thiophene rings is 2. The summed E-state index contributed by atoms with van der Waals surface area (Å²) in [5.41, 5.74) is 2.67. The van der Waals surface area contributed by atoms with E-state index >= 15 is 0 Å². The Labute approximate surface area is 298 Å². The minimum Gasteiger partial charge on any atom is -0.466 e. The predicted molar refractivity (Wildman–Crippen MR) is 193 cm³/mol. The molecule has 9 aromatic rings. The second-order valence-corrected chi connectivity index (χ2v) is 13.0. The summed E-state index contributed by atoms with van der Waals surface area (Å²) in [5.74, 6) is 2.15. The van der Waals surface area contributed by atoms with Crippen LogP contribution in [-0.2, 0) is 21.1 Å². The largest absolute Gasteiger partial charge is 2.00 e. The summed E-state index contributed by atoms with van der Waals surface area (Å²) in [6.07, 6.45) is 3.45. The first-order chi connectivity index (χ1) is 23.3. The standard InChI is InChI=1S/C40H23N3O2S2.Pt/c1-2-12-26(13-3-1)43(33-24-27(44-37-18-8-10-20-41-37)22-31-29-14-4-6-16-35(29)46-39(31)33)34-25-28(45-38-19-9-11-21-42-38)23-32-30-15-5-7-17-36(30)47-40(32)34;/h1-23H;/q-2;+2. The predicted octanol–water partition coefficient (Wildman–Crippen LogP) is 11.9. The second-order valence-electron chi connectivity index (χ2n) is 10.9. The number of hydrogen-bond donors (Lipinski definition) is 0. The van der Waals surface area contributed by atoms with Crippen LogP contribution in [0.3, 0.4) is 0 Å². The van der Waals surface area contributed by atoms with Gasteiger partial charge < -0.3 is 14.4 Å². The van der Waals surface area contributed by atoms with Gasteiger partial charge in [0, 0.05) is 51.1 Å². The van der Waals surface area contributed by atoms with Crippen molar-refractivity contribution < 1.29 is 30.5 Å². The monoisotopic (exact) mass is 836 g/mol. The third-order valence-electron chi connectivity index (χ3n) is 7.90. The fourth-order valence-electron chi connectivity index (χ4n) is 5.86. The Balaban J connectivity index is 0.00000336. The van der Waals surface area contributed by atoms with Gasteiger partial charge in [-0.3, -0.25) is 0 Å². The molecule has 5 aromatic carbocycles. The number of nitrogens with zero attached hydrogens (tertiary/aromatic N) is 3. The van der Waals surface area contributed by atoms with Gasteiger partial charge in [-0.2, -0.15) is 0 Å². The summed E-state index contributed by atoms with van der Waals surface area (Å²) in [6.45, 7) is 0. The van der Waals surface area contributed by atoms with Gasteiger partial charge in [-0.25, -0.2) is 32.6 Å². The van der Waals surface area contributed by atoms with Crippen LogP contribution in [-0.4, -0.2) is 9.97 Å². The molecule has 48 heavy (non-hydrogen) atoms. The summed E-state index contributed by atoms with van der Waals surface area (Å²) in [4.78, 5) is 11.1. The van der Waals surface area contributed by atoms with Crippen LogP contribution in [0.5, 0.6) is 23.3 Å². The van der Waals surface area contributed by atoms with Gasteiger partial charge in [0.15, 0.2) is 0 Å². The molecule has 0 aliphatic carbocycles. The quantitative estimate of drug-likeness (QED) is 0.150. The molecule has 0 saturated carbocycles. The third kappa shape index (κ3) is 5.50. The molecule has 0 atom stereocenters. The van der Waals surface area contributed by atoms with Crippen LogP contribution in [0.15, 0.2) is 140 Å². The average Bonchev–Trinajstić information content (AvgIpc) is 3.69. The molecule has 4 aromatic heterocycles. The summed E-state index contributed by atoms with van der Waals surface area (Å²) in [7, 11) is 0. The third-order valence-corrected chi connectivity index (χ3v) is 10.3. The fraction of sp³-hybridized carbons (Fsp3) is 0. The molecule has 0 N–H and O–H groups in total. The first-order valence-corrected chi connectivity index (χ1v) is 16.7. The molecule has 9 rings (SSSR count). The summed E-state index contributed by atoms with van der Waals surface area (Å²) in [5, 5.41) is 4.48. The summed E-state index contributed by atoms with van der Waals surface area (Å²) in [6, 6.07) is 50.0. The van der Waals surface area contributed by atoms with Crippen molar-refractivity contribution in [3.63, 3.8) is 0 Å². The molecule has 0 aliphatic heterocycles. The van der Waals surface area contributed by atoms with Gasteiger partial charge in [0.05, 0.1) is 0 Å².